The number of anilines is 1. The summed E-state index contributed by atoms with van der Waals surface area (Å²) in [6, 6.07) is 13.4. The summed E-state index contributed by atoms with van der Waals surface area (Å²) in [6.45, 7) is 3.73. The van der Waals surface area contributed by atoms with Crippen molar-refractivity contribution in [3.8, 4) is 0 Å². The quantitative estimate of drug-likeness (QED) is 0.810. The number of esters is 1. The maximum Gasteiger partial charge on any atom is 0.309 e. The number of ether oxygens (including phenoxy) is 1. The van der Waals surface area contributed by atoms with Gasteiger partial charge in [0.2, 0.25) is 0 Å². The minimum absolute atomic E-state index is 0.0194. The zero-order valence-electron chi connectivity index (χ0n) is 14.0. The summed E-state index contributed by atoms with van der Waals surface area (Å²) >= 11 is 0. The van der Waals surface area contributed by atoms with Gasteiger partial charge in [-0.3, -0.25) is 9.59 Å². The standard InChI is InChI=1S/C20H21NO3/c1-3-10-21-13-15-6-4-5-7-16(15)20(23)17-11-14(8-9-18(17)21)12-19(22)24-2/h4-9,11H,3,10,12-13H2,1-2H3. The van der Waals surface area contributed by atoms with Crippen molar-refractivity contribution in [2.24, 2.45) is 0 Å². The maximum atomic E-state index is 13.0. The average Bonchev–Trinajstić information content (AvgIpc) is 2.71. The molecule has 124 valence electrons. The van der Waals surface area contributed by atoms with Crippen molar-refractivity contribution in [2.75, 3.05) is 18.6 Å². The highest BCUT2D eigenvalue weighted by Gasteiger charge is 2.25. The third kappa shape index (κ3) is 3.04. The molecule has 0 radical (unpaired) electrons. The van der Waals surface area contributed by atoms with Crippen LogP contribution in [0.15, 0.2) is 42.5 Å². The van der Waals surface area contributed by atoms with Crippen molar-refractivity contribution in [1.82, 2.24) is 0 Å². The van der Waals surface area contributed by atoms with E-state index in [2.05, 4.69) is 11.8 Å². The topological polar surface area (TPSA) is 46.6 Å². The highest BCUT2D eigenvalue weighted by atomic mass is 16.5. The Labute approximate surface area is 142 Å². The predicted molar refractivity (Wildman–Crippen MR) is 93.4 cm³/mol. The zero-order chi connectivity index (χ0) is 17.1. The highest BCUT2D eigenvalue weighted by Crippen LogP contribution is 2.31. The first-order valence-corrected chi connectivity index (χ1v) is 8.21. The molecule has 0 aliphatic carbocycles. The van der Waals surface area contributed by atoms with E-state index in [0.717, 1.165) is 41.9 Å². The third-order valence-electron chi connectivity index (χ3n) is 4.34. The molecule has 4 nitrogen and oxygen atoms in total. The molecule has 3 rings (SSSR count). The van der Waals surface area contributed by atoms with Crippen LogP contribution in [0.1, 0.15) is 40.4 Å². The fourth-order valence-corrected chi connectivity index (χ4v) is 3.17. The van der Waals surface area contributed by atoms with E-state index in [1.807, 2.05) is 42.5 Å². The largest absolute Gasteiger partial charge is 0.469 e. The normalized spacial score (nSPS) is 13.1. The summed E-state index contributed by atoms with van der Waals surface area (Å²) in [5.41, 5.74) is 4.18. The number of ketones is 1. The molecule has 2 aromatic carbocycles. The van der Waals surface area contributed by atoms with Gasteiger partial charge >= 0.3 is 5.97 Å². The lowest BCUT2D eigenvalue weighted by molar-refractivity contribution is -0.139. The molecule has 0 bridgehead atoms. The Kier molecular flexibility index (Phi) is 4.65. The molecule has 0 unspecified atom stereocenters. The van der Waals surface area contributed by atoms with Crippen LogP contribution in [0.5, 0.6) is 0 Å². The predicted octanol–water partition coefficient (Wildman–Crippen LogP) is 3.36. The van der Waals surface area contributed by atoms with Gasteiger partial charge in [-0.05, 0) is 29.7 Å². The lowest BCUT2D eigenvalue weighted by Crippen LogP contribution is -2.23. The smallest absolute Gasteiger partial charge is 0.309 e. The molecule has 0 aromatic heterocycles. The molecule has 0 atom stereocenters. The van der Waals surface area contributed by atoms with Crippen molar-refractivity contribution < 1.29 is 14.3 Å². The van der Waals surface area contributed by atoms with E-state index in [4.69, 9.17) is 4.74 Å². The van der Waals surface area contributed by atoms with Crippen LogP contribution < -0.4 is 4.90 Å². The van der Waals surface area contributed by atoms with Crippen LogP contribution in [0, 0.1) is 0 Å². The van der Waals surface area contributed by atoms with Crippen LogP contribution in [0.3, 0.4) is 0 Å². The van der Waals surface area contributed by atoms with E-state index in [9.17, 15) is 9.59 Å². The van der Waals surface area contributed by atoms with Crippen molar-refractivity contribution >= 4 is 17.4 Å². The molecule has 0 saturated carbocycles. The Morgan fingerprint density at radius 2 is 1.96 bits per heavy atom. The second-order valence-electron chi connectivity index (χ2n) is 6.01. The summed E-state index contributed by atoms with van der Waals surface area (Å²) < 4.78 is 4.73. The van der Waals surface area contributed by atoms with E-state index in [0.29, 0.717) is 5.56 Å². The van der Waals surface area contributed by atoms with Crippen LogP contribution in [0.4, 0.5) is 5.69 Å². The number of rotatable bonds is 4. The van der Waals surface area contributed by atoms with Gasteiger partial charge in [-0.2, -0.15) is 0 Å². The zero-order valence-corrected chi connectivity index (χ0v) is 14.0. The van der Waals surface area contributed by atoms with Crippen LogP contribution in [0.2, 0.25) is 0 Å². The lowest BCUT2D eigenvalue weighted by Gasteiger charge is -2.24. The molecule has 0 spiro atoms. The molecular weight excluding hydrogens is 302 g/mol. The third-order valence-corrected chi connectivity index (χ3v) is 4.34. The first kappa shape index (κ1) is 16.2. The first-order valence-electron chi connectivity index (χ1n) is 8.21. The van der Waals surface area contributed by atoms with E-state index in [1.54, 1.807) is 0 Å². The number of benzene rings is 2. The number of carbonyl (C=O) groups is 2. The summed E-state index contributed by atoms with van der Waals surface area (Å²) in [5.74, 6) is -0.284. The average molecular weight is 323 g/mol. The minimum atomic E-state index is -0.304. The molecule has 0 N–H and O–H groups in total. The number of methoxy groups -OCH3 is 1. The second kappa shape index (κ2) is 6.87. The molecule has 0 amide bonds. The SMILES string of the molecule is CCCN1Cc2ccccc2C(=O)c2cc(CC(=O)OC)ccc21. The number of hydrogen-bond acceptors (Lipinski definition) is 4. The van der Waals surface area contributed by atoms with Crippen molar-refractivity contribution in [3.63, 3.8) is 0 Å². The molecule has 24 heavy (non-hydrogen) atoms. The van der Waals surface area contributed by atoms with Gasteiger partial charge < -0.3 is 9.64 Å². The second-order valence-corrected chi connectivity index (χ2v) is 6.01. The molecule has 1 aliphatic rings. The summed E-state index contributed by atoms with van der Waals surface area (Å²) in [7, 11) is 1.37. The van der Waals surface area contributed by atoms with Crippen LogP contribution in [-0.2, 0) is 22.5 Å². The molecular formula is C20H21NO3. The Hall–Kier alpha value is -2.62. The minimum Gasteiger partial charge on any atom is -0.469 e. The molecule has 2 aromatic rings. The number of nitrogens with zero attached hydrogens (tertiary/aromatic N) is 1. The van der Waals surface area contributed by atoms with E-state index in [1.165, 1.54) is 7.11 Å². The van der Waals surface area contributed by atoms with Gasteiger partial charge in [-0.25, -0.2) is 0 Å². The van der Waals surface area contributed by atoms with Gasteiger partial charge in [0.25, 0.3) is 0 Å². The van der Waals surface area contributed by atoms with Gasteiger partial charge in [0.05, 0.1) is 13.5 Å². The molecule has 1 heterocycles. The Morgan fingerprint density at radius 3 is 2.71 bits per heavy atom. The molecule has 0 saturated heterocycles. The molecule has 4 heteroatoms. The van der Waals surface area contributed by atoms with Crippen molar-refractivity contribution in [3.05, 3.63) is 64.7 Å². The first-order chi connectivity index (χ1) is 11.6. The molecule has 0 fully saturated rings. The summed E-state index contributed by atoms with van der Waals surface area (Å²) in [4.78, 5) is 26.8. The van der Waals surface area contributed by atoms with Crippen LogP contribution in [-0.4, -0.2) is 25.4 Å². The Balaban J connectivity index is 2.09. The summed E-state index contributed by atoms with van der Waals surface area (Å²) in [5, 5.41) is 0. The Morgan fingerprint density at radius 1 is 1.17 bits per heavy atom. The van der Waals surface area contributed by atoms with E-state index >= 15 is 0 Å². The monoisotopic (exact) mass is 323 g/mol. The number of hydrogen-bond donors (Lipinski definition) is 0. The van der Waals surface area contributed by atoms with Gasteiger partial charge in [-0.15, -0.1) is 0 Å². The highest BCUT2D eigenvalue weighted by molar-refractivity contribution is 6.14. The Bertz CT molecular complexity index is 782. The fourth-order valence-electron chi connectivity index (χ4n) is 3.17. The van der Waals surface area contributed by atoms with Crippen LogP contribution >= 0.6 is 0 Å². The fraction of sp³-hybridized carbons (Fsp3) is 0.300. The van der Waals surface area contributed by atoms with Gasteiger partial charge in [-0.1, -0.05) is 37.3 Å². The van der Waals surface area contributed by atoms with E-state index in [-0.39, 0.29) is 18.2 Å². The number of fused-ring (bicyclic) bond motifs is 2. The van der Waals surface area contributed by atoms with Gasteiger partial charge in [0.1, 0.15) is 0 Å². The maximum absolute atomic E-state index is 13.0. The summed E-state index contributed by atoms with van der Waals surface area (Å²) in [6.07, 6.45) is 1.17. The van der Waals surface area contributed by atoms with Gasteiger partial charge in [0.15, 0.2) is 5.78 Å². The lowest BCUT2D eigenvalue weighted by atomic mass is 9.97. The van der Waals surface area contributed by atoms with Crippen molar-refractivity contribution in [1.29, 1.82) is 0 Å². The van der Waals surface area contributed by atoms with Gasteiger partial charge in [0, 0.05) is 29.9 Å². The van der Waals surface area contributed by atoms with Crippen molar-refractivity contribution in [2.45, 2.75) is 26.3 Å². The van der Waals surface area contributed by atoms with Crippen LogP contribution in [0.25, 0.3) is 0 Å². The number of carbonyl (C=O) groups excluding carboxylic acids is 2. The molecule has 1 aliphatic heterocycles. The van der Waals surface area contributed by atoms with E-state index < -0.39 is 0 Å².